The van der Waals surface area contributed by atoms with Gasteiger partial charge in [-0.05, 0) is 75.6 Å². The number of para-hydroxylation sites is 2. The van der Waals surface area contributed by atoms with Gasteiger partial charge < -0.3 is 14.6 Å². The molecule has 1 amide bonds. The van der Waals surface area contributed by atoms with Crippen molar-refractivity contribution in [1.82, 2.24) is 14.9 Å². The van der Waals surface area contributed by atoms with Gasteiger partial charge in [-0.25, -0.2) is 4.98 Å². The number of aryl methyl sites for hydroxylation is 3. The molecule has 0 saturated heterocycles. The maximum absolute atomic E-state index is 12.8. The van der Waals surface area contributed by atoms with E-state index in [1.165, 1.54) is 5.56 Å². The first kappa shape index (κ1) is 24.0. The van der Waals surface area contributed by atoms with Crippen molar-refractivity contribution in [2.24, 2.45) is 0 Å². The van der Waals surface area contributed by atoms with E-state index in [4.69, 9.17) is 9.72 Å². The summed E-state index contributed by atoms with van der Waals surface area (Å²) in [4.78, 5) is 17.7. The van der Waals surface area contributed by atoms with Gasteiger partial charge in [0, 0.05) is 16.6 Å². The van der Waals surface area contributed by atoms with Crippen molar-refractivity contribution in [3.05, 3.63) is 93.7 Å². The molecule has 176 valence electrons. The summed E-state index contributed by atoms with van der Waals surface area (Å²) >= 11 is 3.43. The van der Waals surface area contributed by atoms with E-state index in [-0.39, 0.29) is 11.9 Å². The molecule has 6 heteroatoms. The van der Waals surface area contributed by atoms with Crippen LogP contribution >= 0.6 is 15.9 Å². The second-order valence-electron chi connectivity index (χ2n) is 8.64. The van der Waals surface area contributed by atoms with Gasteiger partial charge in [-0.3, -0.25) is 4.79 Å². The fourth-order valence-corrected chi connectivity index (χ4v) is 4.55. The molecule has 0 aliphatic rings. The molecule has 0 aliphatic carbocycles. The van der Waals surface area contributed by atoms with Gasteiger partial charge in [-0.1, -0.05) is 51.8 Å². The van der Waals surface area contributed by atoms with Gasteiger partial charge in [0.25, 0.3) is 5.91 Å². The summed E-state index contributed by atoms with van der Waals surface area (Å²) in [6, 6.07) is 21.5. The van der Waals surface area contributed by atoms with E-state index >= 15 is 0 Å². The minimum absolute atomic E-state index is 0.116. The van der Waals surface area contributed by atoms with Gasteiger partial charge >= 0.3 is 0 Å². The normalized spacial score (nSPS) is 12.0. The van der Waals surface area contributed by atoms with Crippen molar-refractivity contribution in [1.29, 1.82) is 0 Å². The Labute approximate surface area is 209 Å². The highest BCUT2D eigenvalue weighted by molar-refractivity contribution is 9.10. The number of hydrogen-bond acceptors (Lipinski definition) is 3. The molecule has 1 atom stereocenters. The topological polar surface area (TPSA) is 56.1 Å². The van der Waals surface area contributed by atoms with Crippen LogP contribution in [0.25, 0.3) is 11.0 Å². The number of carbonyl (C=O) groups excluding carboxylic acids is 1. The highest BCUT2D eigenvalue weighted by Gasteiger charge is 2.19. The molecular weight excluding hydrogens is 490 g/mol. The Hall–Kier alpha value is -3.12. The second kappa shape index (κ2) is 10.9. The molecule has 0 aliphatic heterocycles. The summed E-state index contributed by atoms with van der Waals surface area (Å²) in [5, 5.41) is 3.11. The van der Waals surface area contributed by atoms with E-state index in [1.807, 2.05) is 55.5 Å². The number of aromatic nitrogens is 2. The molecular formula is C28H30BrN3O2. The Balaban J connectivity index is 1.43. The van der Waals surface area contributed by atoms with E-state index in [1.54, 1.807) is 0 Å². The van der Waals surface area contributed by atoms with Crippen molar-refractivity contribution in [2.75, 3.05) is 6.61 Å². The van der Waals surface area contributed by atoms with Crippen LogP contribution in [-0.4, -0.2) is 22.1 Å². The molecule has 1 unspecified atom stereocenters. The van der Waals surface area contributed by atoms with Gasteiger partial charge in [0.05, 0.1) is 23.7 Å². The number of unbranched alkanes of at least 4 members (excludes halogenated alkanes) is 1. The Morgan fingerprint density at radius 3 is 2.68 bits per heavy atom. The van der Waals surface area contributed by atoms with Crippen LogP contribution in [0, 0.1) is 13.8 Å². The largest absolute Gasteiger partial charge is 0.493 e. The fourth-order valence-electron chi connectivity index (χ4n) is 4.15. The van der Waals surface area contributed by atoms with Gasteiger partial charge in [0.15, 0.2) is 0 Å². The van der Waals surface area contributed by atoms with Crippen LogP contribution in [0.1, 0.15) is 53.1 Å². The number of carbonyl (C=O) groups is 1. The number of hydrogen-bond donors (Lipinski definition) is 1. The lowest BCUT2D eigenvalue weighted by Crippen LogP contribution is -2.28. The lowest BCUT2D eigenvalue weighted by Gasteiger charge is -2.17. The Kier molecular flexibility index (Phi) is 7.68. The van der Waals surface area contributed by atoms with E-state index in [0.29, 0.717) is 12.2 Å². The molecule has 0 saturated carbocycles. The molecule has 5 nitrogen and oxygen atoms in total. The molecule has 0 radical (unpaired) electrons. The molecule has 0 fully saturated rings. The molecule has 1 N–H and O–H groups in total. The maximum atomic E-state index is 12.8. The smallest absolute Gasteiger partial charge is 0.251 e. The van der Waals surface area contributed by atoms with Crippen LogP contribution in [0.3, 0.4) is 0 Å². The Morgan fingerprint density at radius 2 is 1.88 bits per heavy atom. The summed E-state index contributed by atoms with van der Waals surface area (Å²) < 4.78 is 9.10. The molecule has 1 heterocycles. The zero-order valence-corrected chi connectivity index (χ0v) is 21.4. The number of imidazole rings is 1. The van der Waals surface area contributed by atoms with Crippen molar-refractivity contribution in [2.45, 2.75) is 46.2 Å². The third-order valence-electron chi connectivity index (χ3n) is 5.87. The number of ether oxygens (including phenoxy) is 1. The molecule has 4 rings (SSSR count). The van der Waals surface area contributed by atoms with Crippen molar-refractivity contribution in [3.8, 4) is 5.75 Å². The first-order chi connectivity index (χ1) is 16.4. The molecule has 3 aromatic carbocycles. The molecule has 0 bridgehead atoms. The fraction of sp³-hybridized carbons (Fsp3) is 0.286. The van der Waals surface area contributed by atoms with Crippen LogP contribution in [0.5, 0.6) is 5.75 Å². The summed E-state index contributed by atoms with van der Waals surface area (Å²) in [5.74, 6) is 1.69. The van der Waals surface area contributed by atoms with Crippen LogP contribution in [0.15, 0.2) is 71.2 Å². The molecule has 1 aromatic heterocycles. The highest BCUT2D eigenvalue weighted by atomic mass is 79.9. The van der Waals surface area contributed by atoms with E-state index < -0.39 is 0 Å². The number of benzene rings is 3. The average Bonchev–Trinajstić information content (AvgIpc) is 3.19. The van der Waals surface area contributed by atoms with Crippen LogP contribution in [0.2, 0.25) is 0 Å². The van der Waals surface area contributed by atoms with Crippen molar-refractivity contribution >= 4 is 32.9 Å². The third-order valence-corrected chi connectivity index (χ3v) is 6.36. The zero-order chi connectivity index (χ0) is 24.1. The number of rotatable bonds is 9. The summed E-state index contributed by atoms with van der Waals surface area (Å²) in [6.45, 7) is 7.63. The number of nitrogens with one attached hydrogen (secondary N) is 1. The van der Waals surface area contributed by atoms with Gasteiger partial charge in [0.2, 0.25) is 0 Å². The lowest BCUT2D eigenvalue weighted by molar-refractivity contribution is 0.0937. The molecule has 34 heavy (non-hydrogen) atoms. The van der Waals surface area contributed by atoms with E-state index in [0.717, 1.165) is 52.0 Å². The van der Waals surface area contributed by atoms with Crippen LogP contribution in [-0.2, 0) is 6.54 Å². The van der Waals surface area contributed by atoms with Crippen LogP contribution < -0.4 is 10.1 Å². The monoisotopic (exact) mass is 519 g/mol. The lowest BCUT2D eigenvalue weighted by atomic mass is 10.1. The maximum Gasteiger partial charge on any atom is 0.251 e. The first-order valence-electron chi connectivity index (χ1n) is 11.6. The molecule has 4 aromatic rings. The summed E-state index contributed by atoms with van der Waals surface area (Å²) in [5.41, 5.74) is 5.04. The van der Waals surface area contributed by atoms with Crippen molar-refractivity contribution < 1.29 is 9.53 Å². The predicted octanol–water partition coefficient (Wildman–Crippen LogP) is 6.77. The van der Waals surface area contributed by atoms with Crippen LogP contribution in [0.4, 0.5) is 0 Å². The van der Waals surface area contributed by atoms with Gasteiger partial charge in [0.1, 0.15) is 11.6 Å². The quantitative estimate of drug-likeness (QED) is 0.248. The number of halogens is 1. The second-order valence-corrected chi connectivity index (χ2v) is 9.56. The summed E-state index contributed by atoms with van der Waals surface area (Å²) in [7, 11) is 0. The predicted molar refractivity (Wildman–Crippen MR) is 140 cm³/mol. The van der Waals surface area contributed by atoms with E-state index in [9.17, 15) is 4.79 Å². The number of nitrogens with zero attached hydrogens (tertiary/aromatic N) is 2. The highest BCUT2D eigenvalue weighted by Crippen LogP contribution is 2.23. The molecule has 0 spiro atoms. The number of amides is 1. The average molecular weight is 520 g/mol. The minimum atomic E-state index is -0.231. The van der Waals surface area contributed by atoms with Gasteiger partial charge in [-0.2, -0.15) is 0 Å². The minimum Gasteiger partial charge on any atom is -0.493 e. The van der Waals surface area contributed by atoms with E-state index in [2.05, 4.69) is 57.9 Å². The standard InChI is InChI=1S/C28H30BrN3O2/c1-19-13-14-26(20(2)17-19)34-16-7-6-15-32-25-12-5-4-11-24(25)31-27(32)21(3)30-28(33)22-9-8-10-23(29)18-22/h4-5,8-14,17-18,21H,6-7,15-16H2,1-3H3,(H,30,33). The number of fused-ring (bicyclic) bond motifs is 1. The Morgan fingerprint density at radius 1 is 1.06 bits per heavy atom. The van der Waals surface area contributed by atoms with Gasteiger partial charge in [-0.15, -0.1) is 0 Å². The third kappa shape index (κ3) is 5.68. The Bertz CT molecular complexity index is 1300. The first-order valence-corrected chi connectivity index (χ1v) is 12.4. The van der Waals surface area contributed by atoms with Crippen molar-refractivity contribution in [3.63, 3.8) is 0 Å². The SMILES string of the molecule is Cc1ccc(OCCCCn2c(C(C)NC(=O)c3cccc(Br)c3)nc3ccccc32)c(C)c1. The zero-order valence-electron chi connectivity index (χ0n) is 19.8. The summed E-state index contributed by atoms with van der Waals surface area (Å²) in [6.07, 6.45) is 1.88.